The molecule has 152 valence electrons. The van der Waals surface area contributed by atoms with Crippen LogP contribution in [-0.4, -0.2) is 39.0 Å². The summed E-state index contributed by atoms with van der Waals surface area (Å²) in [6.07, 6.45) is 1.88. The molecule has 0 spiro atoms. The maximum Gasteiger partial charge on any atom is 0.243 e. The molecule has 0 bridgehead atoms. The van der Waals surface area contributed by atoms with E-state index in [9.17, 15) is 13.2 Å². The van der Waals surface area contributed by atoms with Gasteiger partial charge in [-0.3, -0.25) is 4.79 Å². The van der Waals surface area contributed by atoms with Crippen LogP contribution in [0.5, 0.6) is 5.75 Å². The molecule has 0 atom stereocenters. The second kappa shape index (κ2) is 9.45. The zero-order valence-corrected chi connectivity index (χ0v) is 18.4. The molecule has 0 heterocycles. The van der Waals surface area contributed by atoms with Crippen molar-refractivity contribution >= 4 is 33.4 Å². The highest BCUT2D eigenvalue weighted by atomic mass is 32.2. The third kappa shape index (κ3) is 5.27. The Labute approximate surface area is 171 Å². The number of hydrogen-bond donors (Lipinski definition) is 1. The van der Waals surface area contributed by atoms with Crippen LogP contribution < -0.4 is 10.1 Å². The van der Waals surface area contributed by atoms with Gasteiger partial charge in [0.15, 0.2) is 0 Å². The minimum Gasteiger partial charge on any atom is -0.497 e. The van der Waals surface area contributed by atoms with Crippen molar-refractivity contribution in [1.29, 1.82) is 0 Å². The first-order chi connectivity index (χ1) is 13.2. The quantitative estimate of drug-likeness (QED) is 0.654. The van der Waals surface area contributed by atoms with Crippen LogP contribution in [0.2, 0.25) is 0 Å². The minimum absolute atomic E-state index is 0.139. The Morgan fingerprint density at radius 3 is 2.36 bits per heavy atom. The van der Waals surface area contributed by atoms with Crippen molar-refractivity contribution in [3.05, 3.63) is 48.0 Å². The molecule has 0 unspecified atom stereocenters. The molecular formula is C20H26N2O4S2. The van der Waals surface area contributed by atoms with E-state index in [0.29, 0.717) is 11.4 Å². The monoisotopic (exact) mass is 422 g/mol. The predicted molar refractivity (Wildman–Crippen MR) is 113 cm³/mol. The Morgan fingerprint density at radius 2 is 1.82 bits per heavy atom. The predicted octanol–water partition coefficient (Wildman–Crippen LogP) is 3.83. The van der Waals surface area contributed by atoms with Gasteiger partial charge in [0.25, 0.3) is 0 Å². The SMILES string of the molecule is COc1ccc(CN(C)S(=O)(=O)c2ccc(SC)c(NC(=O)C(C)C)c2)cc1. The van der Waals surface area contributed by atoms with Crippen LogP contribution in [0, 0.1) is 5.92 Å². The van der Waals surface area contributed by atoms with Crippen molar-refractivity contribution in [3.63, 3.8) is 0 Å². The number of nitrogens with zero attached hydrogens (tertiary/aromatic N) is 1. The summed E-state index contributed by atoms with van der Waals surface area (Å²) in [5, 5.41) is 2.82. The van der Waals surface area contributed by atoms with Gasteiger partial charge in [0.05, 0.1) is 17.7 Å². The molecule has 28 heavy (non-hydrogen) atoms. The van der Waals surface area contributed by atoms with Crippen molar-refractivity contribution in [2.45, 2.75) is 30.2 Å². The van der Waals surface area contributed by atoms with Crippen molar-refractivity contribution in [2.24, 2.45) is 5.92 Å². The molecule has 0 fully saturated rings. The number of thioether (sulfide) groups is 1. The average molecular weight is 423 g/mol. The largest absolute Gasteiger partial charge is 0.497 e. The normalized spacial score (nSPS) is 11.7. The number of benzene rings is 2. The number of ether oxygens (including phenoxy) is 1. The first-order valence-corrected chi connectivity index (χ1v) is 11.4. The van der Waals surface area contributed by atoms with Crippen molar-refractivity contribution in [2.75, 3.05) is 25.7 Å². The number of sulfonamides is 1. The summed E-state index contributed by atoms with van der Waals surface area (Å²) in [5.41, 5.74) is 1.35. The van der Waals surface area contributed by atoms with E-state index in [1.54, 1.807) is 45.2 Å². The average Bonchev–Trinajstić information content (AvgIpc) is 2.68. The lowest BCUT2D eigenvalue weighted by Gasteiger charge is -2.19. The summed E-state index contributed by atoms with van der Waals surface area (Å²) in [6.45, 7) is 3.80. The Bertz CT molecular complexity index is 926. The van der Waals surface area contributed by atoms with Crippen LogP contribution in [0.15, 0.2) is 52.3 Å². The van der Waals surface area contributed by atoms with Crippen molar-refractivity contribution < 1.29 is 17.9 Å². The molecule has 8 heteroatoms. The summed E-state index contributed by atoms with van der Waals surface area (Å²) in [7, 11) is -0.596. The van der Waals surface area contributed by atoms with Gasteiger partial charge >= 0.3 is 0 Å². The molecule has 0 aliphatic heterocycles. The minimum atomic E-state index is -3.71. The topological polar surface area (TPSA) is 75.7 Å². The fraction of sp³-hybridized carbons (Fsp3) is 0.350. The van der Waals surface area contributed by atoms with Gasteiger partial charge in [0.1, 0.15) is 5.75 Å². The molecule has 0 aliphatic rings. The summed E-state index contributed by atoms with van der Waals surface area (Å²) < 4.78 is 32.4. The van der Waals surface area contributed by atoms with Crippen LogP contribution in [0.1, 0.15) is 19.4 Å². The van der Waals surface area contributed by atoms with Gasteiger partial charge in [-0.1, -0.05) is 26.0 Å². The van der Waals surface area contributed by atoms with Crippen LogP contribution in [0.3, 0.4) is 0 Å². The summed E-state index contributed by atoms with van der Waals surface area (Å²) in [5.74, 6) is 0.358. The molecule has 2 rings (SSSR count). The molecule has 0 aromatic heterocycles. The second-order valence-electron chi connectivity index (χ2n) is 6.62. The van der Waals surface area contributed by atoms with Crippen molar-refractivity contribution in [3.8, 4) is 5.75 Å². The Balaban J connectivity index is 2.28. The molecule has 1 amide bonds. The number of carbonyl (C=O) groups excluding carboxylic acids is 1. The van der Waals surface area contributed by atoms with Gasteiger partial charge in [0, 0.05) is 24.4 Å². The number of nitrogens with one attached hydrogen (secondary N) is 1. The summed E-state index contributed by atoms with van der Waals surface area (Å²) in [4.78, 5) is 13.0. The first-order valence-electron chi connectivity index (χ1n) is 8.77. The number of carbonyl (C=O) groups is 1. The Hall–Kier alpha value is -2.03. The van der Waals surface area contributed by atoms with Gasteiger partial charge in [-0.25, -0.2) is 8.42 Å². The highest BCUT2D eigenvalue weighted by molar-refractivity contribution is 7.98. The maximum absolute atomic E-state index is 13.0. The van der Waals surface area contributed by atoms with E-state index in [2.05, 4.69) is 5.32 Å². The van der Waals surface area contributed by atoms with E-state index in [4.69, 9.17) is 4.74 Å². The zero-order chi connectivity index (χ0) is 20.9. The van der Waals surface area contributed by atoms with E-state index >= 15 is 0 Å². The molecule has 0 saturated carbocycles. The molecular weight excluding hydrogens is 396 g/mol. The van der Waals surface area contributed by atoms with Gasteiger partial charge in [0.2, 0.25) is 15.9 Å². The summed E-state index contributed by atoms with van der Waals surface area (Å²) in [6, 6.07) is 12.1. The highest BCUT2D eigenvalue weighted by Gasteiger charge is 2.23. The number of hydrogen-bond acceptors (Lipinski definition) is 5. The van der Waals surface area contributed by atoms with Gasteiger partial charge in [-0.15, -0.1) is 11.8 Å². The molecule has 2 aromatic carbocycles. The van der Waals surface area contributed by atoms with Crippen molar-refractivity contribution in [1.82, 2.24) is 4.31 Å². The van der Waals surface area contributed by atoms with Crippen LogP contribution in [0.4, 0.5) is 5.69 Å². The molecule has 0 radical (unpaired) electrons. The fourth-order valence-electron chi connectivity index (χ4n) is 2.48. The van der Waals surface area contributed by atoms with E-state index in [1.807, 2.05) is 18.4 Å². The third-order valence-electron chi connectivity index (χ3n) is 4.23. The lowest BCUT2D eigenvalue weighted by molar-refractivity contribution is -0.118. The number of rotatable bonds is 8. The standard InChI is InChI=1S/C20H26N2O4S2/c1-14(2)20(23)21-18-12-17(10-11-19(18)27-5)28(24,25)22(3)13-15-6-8-16(26-4)9-7-15/h6-12,14H,13H2,1-5H3,(H,21,23). The fourth-order valence-corrected chi connectivity index (χ4v) is 4.19. The van der Waals surface area contributed by atoms with E-state index < -0.39 is 10.0 Å². The third-order valence-corrected chi connectivity index (χ3v) is 6.82. The van der Waals surface area contributed by atoms with E-state index in [-0.39, 0.29) is 23.3 Å². The maximum atomic E-state index is 13.0. The van der Waals surface area contributed by atoms with Gasteiger partial charge < -0.3 is 10.1 Å². The molecule has 0 aliphatic carbocycles. The highest BCUT2D eigenvalue weighted by Crippen LogP contribution is 2.30. The lowest BCUT2D eigenvalue weighted by atomic mass is 10.2. The van der Waals surface area contributed by atoms with Crippen LogP contribution in [0.25, 0.3) is 0 Å². The first kappa shape index (κ1) is 22.3. The number of methoxy groups -OCH3 is 1. The second-order valence-corrected chi connectivity index (χ2v) is 9.51. The Kier molecular flexibility index (Phi) is 7.51. The Morgan fingerprint density at radius 1 is 1.18 bits per heavy atom. The summed E-state index contributed by atoms with van der Waals surface area (Å²) >= 11 is 1.45. The van der Waals surface area contributed by atoms with E-state index in [1.165, 1.54) is 29.2 Å². The number of anilines is 1. The lowest BCUT2D eigenvalue weighted by Crippen LogP contribution is -2.26. The number of amides is 1. The molecule has 1 N–H and O–H groups in total. The van der Waals surface area contributed by atoms with Crippen LogP contribution in [-0.2, 0) is 21.4 Å². The zero-order valence-electron chi connectivity index (χ0n) is 16.7. The molecule has 0 saturated heterocycles. The molecule has 6 nitrogen and oxygen atoms in total. The van der Waals surface area contributed by atoms with Gasteiger partial charge in [-0.2, -0.15) is 4.31 Å². The van der Waals surface area contributed by atoms with Crippen LogP contribution >= 0.6 is 11.8 Å². The van der Waals surface area contributed by atoms with Gasteiger partial charge in [-0.05, 0) is 42.2 Å². The van der Waals surface area contributed by atoms with E-state index in [0.717, 1.165) is 10.5 Å². The smallest absolute Gasteiger partial charge is 0.243 e. The molecule has 2 aromatic rings.